The molecule has 0 atom stereocenters. The standard InChI is InChI=1S/C22H17N3/c23-21-19(16-10-4-1-5-11-16)20(17-12-6-2-7-13-17)22(25-21)24-18-14-8-3-9-15-18/h1-15H,(H2,23,24,25). The van der Waals surface area contributed by atoms with Crippen molar-refractivity contribution in [2.75, 3.05) is 0 Å². The first-order valence-electron chi connectivity index (χ1n) is 8.17. The molecule has 0 saturated carbocycles. The summed E-state index contributed by atoms with van der Waals surface area (Å²) < 4.78 is 0. The Morgan fingerprint density at radius 1 is 0.600 bits per heavy atom. The van der Waals surface area contributed by atoms with Gasteiger partial charge in [0.05, 0.1) is 5.69 Å². The fraction of sp³-hybridized carbons (Fsp3) is 0. The van der Waals surface area contributed by atoms with E-state index in [-0.39, 0.29) is 0 Å². The fourth-order valence-corrected chi connectivity index (χ4v) is 2.95. The minimum Gasteiger partial charge on any atom is -0.383 e. The summed E-state index contributed by atoms with van der Waals surface area (Å²) in [7, 11) is 0. The van der Waals surface area contributed by atoms with E-state index in [0.717, 1.165) is 28.0 Å². The zero-order valence-electron chi connectivity index (χ0n) is 13.6. The number of nitrogens with zero attached hydrogens (tertiary/aromatic N) is 2. The summed E-state index contributed by atoms with van der Waals surface area (Å²) in [5.41, 5.74) is 11.1. The topological polar surface area (TPSA) is 50.7 Å². The highest BCUT2D eigenvalue weighted by Crippen LogP contribution is 2.34. The van der Waals surface area contributed by atoms with Gasteiger partial charge in [0, 0.05) is 11.1 Å². The molecule has 1 aliphatic rings. The van der Waals surface area contributed by atoms with E-state index in [2.05, 4.69) is 17.1 Å². The monoisotopic (exact) mass is 323 g/mol. The Morgan fingerprint density at radius 2 is 1.08 bits per heavy atom. The molecule has 0 saturated heterocycles. The van der Waals surface area contributed by atoms with Gasteiger partial charge in [0.25, 0.3) is 0 Å². The van der Waals surface area contributed by atoms with Gasteiger partial charge in [-0.2, -0.15) is 0 Å². The molecule has 1 heterocycles. The van der Waals surface area contributed by atoms with Gasteiger partial charge in [-0.25, -0.2) is 9.98 Å². The van der Waals surface area contributed by atoms with E-state index in [4.69, 9.17) is 10.7 Å². The van der Waals surface area contributed by atoms with Crippen LogP contribution in [0.2, 0.25) is 0 Å². The van der Waals surface area contributed by atoms with E-state index in [0.29, 0.717) is 11.7 Å². The zero-order valence-corrected chi connectivity index (χ0v) is 13.6. The summed E-state index contributed by atoms with van der Waals surface area (Å²) in [6, 6.07) is 30.1. The number of para-hydroxylation sites is 1. The Labute approximate surface area is 146 Å². The van der Waals surface area contributed by atoms with Crippen molar-refractivity contribution in [1.82, 2.24) is 0 Å². The zero-order chi connectivity index (χ0) is 17.1. The molecule has 25 heavy (non-hydrogen) atoms. The lowest BCUT2D eigenvalue weighted by Crippen LogP contribution is -2.11. The van der Waals surface area contributed by atoms with Crippen molar-refractivity contribution >= 4 is 28.5 Å². The van der Waals surface area contributed by atoms with Crippen LogP contribution in [0.4, 0.5) is 5.69 Å². The molecular weight excluding hydrogens is 306 g/mol. The van der Waals surface area contributed by atoms with Crippen LogP contribution >= 0.6 is 0 Å². The second-order valence-electron chi connectivity index (χ2n) is 5.75. The molecule has 0 radical (unpaired) electrons. The third-order valence-corrected chi connectivity index (χ3v) is 4.07. The Kier molecular flexibility index (Phi) is 3.97. The normalized spacial score (nSPS) is 15.5. The minimum atomic E-state index is 0.500. The van der Waals surface area contributed by atoms with Crippen molar-refractivity contribution in [2.45, 2.75) is 0 Å². The highest BCUT2D eigenvalue weighted by molar-refractivity contribution is 6.49. The van der Waals surface area contributed by atoms with Gasteiger partial charge in [-0.05, 0) is 23.3 Å². The van der Waals surface area contributed by atoms with Crippen molar-refractivity contribution in [3.63, 3.8) is 0 Å². The van der Waals surface area contributed by atoms with Gasteiger partial charge < -0.3 is 5.73 Å². The predicted octanol–water partition coefficient (Wildman–Crippen LogP) is 4.70. The molecule has 4 rings (SSSR count). The molecule has 0 unspecified atom stereocenters. The van der Waals surface area contributed by atoms with E-state index in [1.165, 1.54) is 0 Å². The predicted molar refractivity (Wildman–Crippen MR) is 105 cm³/mol. The SMILES string of the molecule is NC1=NC(=Nc2ccccc2)C(c2ccccc2)=C1c1ccccc1. The molecule has 3 nitrogen and oxygen atoms in total. The first-order valence-corrected chi connectivity index (χ1v) is 8.17. The lowest BCUT2D eigenvalue weighted by molar-refractivity contribution is 1.48. The Morgan fingerprint density at radius 3 is 1.64 bits per heavy atom. The number of hydrogen-bond donors (Lipinski definition) is 1. The average Bonchev–Trinajstić information content (AvgIpc) is 2.99. The Bertz CT molecular complexity index is 970. The Balaban J connectivity index is 1.94. The maximum atomic E-state index is 6.29. The highest BCUT2D eigenvalue weighted by Gasteiger charge is 2.25. The van der Waals surface area contributed by atoms with Crippen LogP contribution in [0.5, 0.6) is 0 Å². The van der Waals surface area contributed by atoms with Gasteiger partial charge in [-0.1, -0.05) is 78.9 Å². The van der Waals surface area contributed by atoms with Crippen molar-refractivity contribution in [1.29, 1.82) is 0 Å². The van der Waals surface area contributed by atoms with Crippen molar-refractivity contribution in [3.8, 4) is 0 Å². The average molecular weight is 323 g/mol. The molecule has 2 N–H and O–H groups in total. The van der Waals surface area contributed by atoms with Crippen molar-refractivity contribution < 1.29 is 0 Å². The van der Waals surface area contributed by atoms with Gasteiger partial charge in [0.15, 0.2) is 5.84 Å². The molecule has 0 aliphatic carbocycles. The lowest BCUT2D eigenvalue weighted by Gasteiger charge is -2.09. The third-order valence-electron chi connectivity index (χ3n) is 4.07. The van der Waals surface area contributed by atoms with Gasteiger partial charge >= 0.3 is 0 Å². The van der Waals surface area contributed by atoms with Gasteiger partial charge in [-0.3, -0.25) is 0 Å². The third kappa shape index (κ3) is 3.00. The molecule has 3 aromatic rings. The fourth-order valence-electron chi connectivity index (χ4n) is 2.95. The van der Waals surface area contributed by atoms with E-state index in [9.17, 15) is 0 Å². The van der Waals surface area contributed by atoms with Crippen molar-refractivity contribution in [3.05, 3.63) is 102 Å². The smallest absolute Gasteiger partial charge is 0.163 e. The van der Waals surface area contributed by atoms with E-state index in [1.54, 1.807) is 0 Å². The summed E-state index contributed by atoms with van der Waals surface area (Å²) in [6.45, 7) is 0. The number of nitrogens with two attached hydrogens (primary N) is 1. The van der Waals surface area contributed by atoms with Gasteiger partial charge in [0.1, 0.15) is 5.84 Å². The molecule has 1 aliphatic heterocycles. The van der Waals surface area contributed by atoms with Crippen LogP contribution in [0.15, 0.2) is 101 Å². The van der Waals surface area contributed by atoms with Crippen LogP contribution in [0.1, 0.15) is 11.1 Å². The second-order valence-corrected chi connectivity index (χ2v) is 5.75. The molecule has 0 fully saturated rings. The summed E-state index contributed by atoms with van der Waals surface area (Å²) in [5.74, 6) is 1.15. The summed E-state index contributed by atoms with van der Waals surface area (Å²) >= 11 is 0. The van der Waals surface area contributed by atoms with Crippen LogP contribution in [-0.2, 0) is 0 Å². The largest absolute Gasteiger partial charge is 0.383 e. The molecule has 0 aromatic heterocycles. The number of aliphatic imine (C=N–C) groups is 2. The van der Waals surface area contributed by atoms with Gasteiger partial charge in [0.2, 0.25) is 0 Å². The molecule has 0 bridgehead atoms. The number of hydrogen-bond acceptors (Lipinski definition) is 2. The first kappa shape index (κ1) is 15.1. The maximum absolute atomic E-state index is 6.29. The first-order chi connectivity index (χ1) is 12.3. The van der Waals surface area contributed by atoms with Crippen LogP contribution in [-0.4, -0.2) is 11.7 Å². The van der Waals surface area contributed by atoms with Crippen LogP contribution < -0.4 is 5.73 Å². The van der Waals surface area contributed by atoms with Crippen LogP contribution in [0, 0.1) is 0 Å². The maximum Gasteiger partial charge on any atom is 0.163 e. The van der Waals surface area contributed by atoms with Crippen LogP contribution in [0.3, 0.4) is 0 Å². The van der Waals surface area contributed by atoms with Crippen molar-refractivity contribution in [2.24, 2.45) is 15.7 Å². The summed E-state index contributed by atoms with van der Waals surface area (Å²) in [5, 5.41) is 0. The number of amidine groups is 2. The minimum absolute atomic E-state index is 0.500. The van der Waals surface area contributed by atoms with E-state index in [1.807, 2.05) is 78.9 Å². The molecule has 3 heteroatoms. The second kappa shape index (κ2) is 6.57. The molecule has 120 valence electrons. The number of benzene rings is 3. The Hall–Kier alpha value is -3.46. The molecular formula is C22H17N3. The van der Waals surface area contributed by atoms with E-state index >= 15 is 0 Å². The quantitative estimate of drug-likeness (QED) is 0.746. The van der Waals surface area contributed by atoms with E-state index < -0.39 is 0 Å². The molecule has 0 amide bonds. The molecule has 0 spiro atoms. The summed E-state index contributed by atoms with van der Waals surface area (Å²) in [6.07, 6.45) is 0. The van der Waals surface area contributed by atoms with Crippen LogP contribution in [0.25, 0.3) is 11.1 Å². The summed E-state index contributed by atoms with van der Waals surface area (Å²) in [4.78, 5) is 9.30. The highest BCUT2D eigenvalue weighted by atomic mass is 15.0. The lowest BCUT2D eigenvalue weighted by atomic mass is 9.95. The van der Waals surface area contributed by atoms with Gasteiger partial charge in [-0.15, -0.1) is 0 Å². The number of rotatable bonds is 3. The molecule has 3 aromatic carbocycles.